The molecule has 212 valence electrons. The maximum absolute atomic E-state index is 12.9. The Balaban J connectivity index is 1.22. The summed E-state index contributed by atoms with van der Waals surface area (Å²) in [4.78, 5) is 25.5. The van der Waals surface area contributed by atoms with E-state index in [1.807, 2.05) is 73.7 Å². The molecule has 0 bridgehead atoms. The summed E-state index contributed by atoms with van der Waals surface area (Å²) in [5.74, 6) is 0.719. The smallest absolute Gasteiger partial charge is 0.291 e. The van der Waals surface area contributed by atoms with E-state index >= 15 is 0 Å². The molecule has 0 unspecified atom stereocenters. The average molecular weight is 579 g/mol. The van der Waals surface area contributed by atoms with Crippen LogP contribution in [0.25, 0.3) is 0 Å². The molecule has 0 aliphatic rings. The van der Waals surface area contributed by atoms with Gasteiger partial charge in [-0.05, 0) is 60.5 Å². The SMILES string of the molecule is Cc1ccc(Sc2cc(NC(=O)c3ccc(COc4ccc(C(C)(C)c5ccccc5)cc4)o3)cc([N+](=O)[O-])c2)cc1. The van der Waals surface area contributed by atoms with E-state index in [9.17, 15) is 14.9 Å². The fourth-order valence-electron chi connectivity index (χ4n) is 4.48. The third kappa shape index (κ3) is 6.90. The highest BCUT2D eigenvalue weighted by atomic mass is 32.2. The Morgan fingerprint density at radius 3 is 2.26 bits per heavy atom. The van der Waals surface area contributed by atoms with Gasteiger partial charge in [-0.25, -0.2) is 0 Å². The summed E-state index contributed by atoms with van der Waals surface area (Å²) in [5, 5.41) is 14.3. The van der Waals surface area contributed by atoms with Crippen molar-refractivity contribution in [2.75, 3.05) is 5.32 Å². The van der Waals surface area contributed by atoms with Gasteiger partial charge in [0, 0.05) is 33.0 Å². The van der Waals surface area contributed by atoms with Gasteiger partial charge in [-0.15, -0.1) is 0 Å². The number of benzene rings is 4. The summed E-state index contributed by atoms with van der Waals surface area (Å²) < 4.78 is 11.6. The molecular weight excluding hydrogens is 548 g/mol. The van der Waals surface area contributed by atoms with Crippen molar-refractivity contribution < 1.29 is 18.9 Å². The first-order valence-corrected chi connectivity index (χ1v) is 14.2. The molecule has 8 heteroatoms. The lowest BCUT2D eigenvalue weighted by Gasteiger charge is -2.26. The Bertz CT molecular complexity index is 1690. The molecule has 1 heterocycles. The zero-order chi connectivity index (χ0) is 29.7. The van der Waals surface area contributed by atoms with Crippen LogP contribution in [0.3, 0.4) is 0 Å². The fraction of sp³-hybridized carbons (Fsp3) is 0.147. The number of amides is 1. The molecule has 0 radical (unpaired) electrons. The number of anilines is 1. The van der Waals surface area contributed by atoms with Gasteiger partial charge in [0.15, 0.2) is 5.76 Å². The number of nitro groups is 1. The minimum atomic E-state index is -0.513. The van der Waals surface area contributed by atoms with Gasteiger partial charge in [-0.3, -0.25) is 14.9 Å². The van der Waals surface area contributed by atoms with Crippen LogP contribution in [0.1, 0.15) is 46.9 Å². The van der Waals surface area contributed by atoms with Crippen molar-refractivity contribution >= 4 is 29.0 Å². The minimum absolute atomic E-state index is 0.0767. The molecule has 0 saturated carbocycles. The van der Waals surface area contributed by atoms with E-state index in [1.54, 1.807) is 18.2 Å². The van der Waals surface area contributed by atoms with Gasteiger partial charge in [0.25, 0.3) is 11.6 Å². The van der Waals surface area contributed by atoms with Crippen LogP contribution in [-0.4, -0.2) is 10.8 Å². The quantitative estimate of drug-likeness (QED) is 0.131. The summed E-state index contributed by atoms with van der Waals surface area (Å²) in [6.45, 7) is 6.51. The van der Waals surface area contributed by atoms with Crippen molar-refractivity contribution in [1.82, 2.24) is 0 Å². The summed E-state index contributed by atoms with van der Waals surface area (Å²) in [6.07, 6.45) is 0. The van der Waals surface area contributed by atoms with Crippen LogP contribution < -0.4 is 10.1 Å². The van der Waals surface area contributed by atoms with Crippen molar-refractivity contribution in [2.45, 2.75) is 42.6 Å². The van der Waals surface area contributed by atoms with E-state index < -0.39 is 10.8 Å². The Morgan fingerprint density at radius 1 is 0.881 bits per heavy atom. The number of non-ortho nitro benzene ring substituents is 1. The number of nitrogens with zero attached hydrogens (tertiary/aromatic N) is 1. The molecule has 0 spiro atoms. The fourth-order valence-corrected chi connectivity index (χ4v) is 5.39. The predicted molar refractivity (Wildman–Crippen MR) is 164 cm³/mol. The lowest BCUT2D eigenvalue weighted by molar-refractivity contribution is -0.385. The van der Waals surface area contributed by atoms with Crippen molar-refractivity contribution in [1.29, 1.82) is 0 Å². The molecule has 5 aromatic rings. The van der Waals surface area contributed by atoms with Gasteiger partial charge in [0.05, 0.1) is 4.92 Å². The van der Waals surface area contributed by atoms with Crippen molar-refractivity contribution in [3.63, 3.8) is 0 Å². The van der Waals surface area contributed by atoms with Crippen LogP contribution in [0.5, 0.6) is 5.75 Å². The Hall–Kier alpha value is -4.82. The number of nitro benzene ring substituents is 1. The van der Waals surface area contributed by atoms with E-state index in [2.05, 4.69) is 31.3 Å². The predicted octanol–water partition coefficient (Wildman–Crippen LogP) is 8.80. The highest BCUT2D eigenvalue weighted by Gasteiger charge is 2.23. The number of nitrogens with one attached hydrogen (secondary N) is 1. The molecule has 0 fully saturated rings. The summed E-state index contributed by atoms with van der Waals surface area (Å²) >= 11 is 1.38. The second-order valence-electron chi connectivity index (χ2n) is 10.4. The third-order valence-electron chi connectivity index (χ3n) is 6.95. The summed E-state index contributed by atoms with van der Waals surface area (Å²) in [5.41, 5.74) is 3.55. The molecule has 0 atom stereocenters. The third-order valence-corrected chi connectivity index (χ3v) is 7.93. The van der Waals surface area contributed by atoms with Crippen molar-refractivity contribution in [2.24, 2.45) is 0 Å². The van der Waals surface area contributed by atoms with E-state index in [0.717, 1.165) is 10.5 Å². The van der Waals surface area contributed by atoms with Crippen LogP contribution >= 0.6 is 11.8 Å². The van der Waals surface area contributed by atoms with Crippen LogP contribution in [-0.2, 0) is 12.0 Å². The number of furan rings is 1. The van der Waals surface area contributed by atoms with Gasteiger partial charge >= 0.3 is 0 Å². The molecule has 4 aromatic carbocycles. The van der Waals surface area contributed by atoms with Gasteiger partial charge in [0.1, 0.15) is 18.1 Å². The molecule has 0 aliphatic heterocycles. The molecule has 1 N–H and O–H groups in total. The van der Waals surface area contributed by atoms with Crippen molar-refractivity contribution in [3.05, 3.63) is 148 Å². The first-order chi connectivity index (χ1) is 20.2. The molecular formula is C34H30N2O5S. The number of rotatable bonds is 10. The average Bonchev–Trinajstić information content (AvgIpc) is 3.47. The molecule has 0 aliphatic carbocycles. The van der Waals surface area contributed by atoms with E-state index in [-0.39, 0.29) is 23.5 Å². The van der Waals surface area contributed by atoms with Crippen LogP contribution in [0.4, 0.5) is 11.4 Å². The van der Waals surface area contributed by atoms with Crippen LogP contribution in [0.2, 0.25) is 0 Å². The lowest BCUT2D eigenvalue weighted by atomic mass is 9.78. The number of aryl methyl sites for hydroxylation is 1. The number of hydrogen-bond donors (Lipinski definition) is 1. The van der Waals surface area contributed by atoms with Gasteiger partial charge < -0.3 is 14.5 Å². The monoisotopic (exact) mass is 578 g/mol. The second-order valence-corrected chi connectivity index (χ2v) is 11.6. The molecule has 1 aromatic heterocycles. The second kappa shape index (κ2) is 12.4. The largest absolute Gasteiger partial charge is 0.486 e. The molecule has 5 rings (SSSR count). The Labute approximate surface area is 248 Å². The van der Waals surface area contributed by atoms with Gasteiger partial charge in [-0.2, -0.15) is 0 Å². The zero-order valence-corrected chi connectivity index (χ0v) is 24.3. The van der Waals surface area contributed by atoms with Gasteiger partial charge in [-0.1, -0.05) is 85.8 Å². The molecule has 7 nitrogen and oxygen atoms in total. The number of carbonyl (C=O) groups is 1. The van der Waals surface area contributed by atoms with E-state index in [1.165, 1.54) is 35.0 Å². The van der Waals surface area contributed by atoms with Crippen molar-refractivity contribution in [3.8, 4) is 5.75 Å². The Morgan fingerprint density at radius 2 is 1.57 bits per heavy atom. The maximum Gasteiger partial charge on any atom is 0.291 e. The lowest BCUT2D eigenvalue weighted by Crippen LogP contribution is -2.18. The highest BCUT2D eigenvalue weighted by molar-refractivity contribution is 7.99. The molecule has 1 amide bonds. The van der Waals surface area contributed by atoms with Crippen LogP contribution in [0, 0.1) is 17.0 Å². The topological polar surface area (TPSA) is 94.6 Å². The standard InChI is InChI=1S/C34H30N2O5S/c1-23-9-16-30(17-10-23)42-31-20-26(19-27(21-31)36(38)39)35-33(37)32-18-15-29(41-32)22-40-28-13-11-25(12-14-28)34(2,3)24-7-5-4-6-8-24/h4-21H,22H2,1-3H3,(H,35,37). The maximum atomic E-state index is 12.9. The number of carbonyl (C=O) groups excluding carboxylic acids is 1. The normalized spacial score (nSPS) is 11.2. The summed E-state index contributed by atoms with van der Waals surface area (Å²) in [7, 11) is 0. The molecule has 0 saturated heterocycles. The number of ether oxygens (including phenoxy) is 1. The Kier molecular flexibility index (Phi) is 8.45. The minimum Gasteiger partial charge on any atom is -0.486 e. The zero-order valence-electron chi connectivity index (χ0n) is 23.5. The van der Waals surface area contributed by atoms with E-state index in [0.29, 0.717) is 22.1 Å². The first kappa shape index (κ1) is 28.7. The highest BCUT2D eigenvalue weighted by Crippen LogP contribution is 2.34. The van der Waals surface area contributed by atoms with Crippen LogP contribution in [0.15, 0.2) is 123 Å². The van der Waals surface area contributed by atoms with E-state index in [4.69, 9.17) is 9.15 Å². The van der Waals surface area contributed by atoms with Gasteiger partial charge in [0.2, 0.25) is 0 Å². The molecule has 42 heavy (non-hydrogen) atoms. The number of hydrogen-bond acceptors (Lipinski definition) is 6. The summed E-state index contributed by atoms with van der Waals surface area (Å²) in [6, 6.07) is 33.9. The first-order valence-electron chi connectivity index (χ1n) is 13.4.